The minimum atomic E-state index is 0.609. The van der Waals surface area contributed by atoms with E-state index in [1.807, 2.05) is 0 Å². The van der Waals surface area contributed by atoms with Crippen molar-refractivity contribution < 1.29 is 4.74 Å². The van der Waals surface area contributed by atoms with E-state index in [0.717, 1.165) is 6.54 Å². The summed E-state index contributed by atoms with van der Waals surface area (Å²) in [7, 11) is 0. The monoisotopic (exact) mass is 149 g/mol. The molecule has 0 amide bonds. The number of aromatic nitrogens is 2. The predicted octanol–water partition coefficient (Wildman–Crippen LogP) is 0.253. The molecule has 0 atom stereocenters. The molecular formula is C7H7N3O. The average molecular weight is 149 g/mol. The molecule has 0 aliphatic carbocycles. The van der Waals surface area contributed by atoms with Gasteiger partial charge in [-0.1, -0.05) is 0 Å². The van der Waals surface area contributed by atoms with Crippen LogP contribution in [0.25, 0.3) is 0 Å². The lowest BCUT2D eigenvalue weighted by molar-refractivity contribution is 0.347. The topological polar surface area (TPSA) is 47.4 Å². The van der Waals surface area contributed by atoms with Gasteiger partial charge >= 0.3 is 0 Å². The first-order valence-electron chi connectivity index (χ1n) is 3.40. The summed E-state index contributed by atoms with van der Waals surface area (Å²) < 4.78 is 5.19. The Balaban J connectivity index is 2.29. The van der Waals surface area contributed by atoms with Crippen LogP contribution in [0.2, 0.25) is 0 Å². The van der Waals surface area contributed by atoms with Gasteiger partial charge in [0.25, 0.3) is 0 Å². The maximum atomic E-state index is 5.19. The van der Waals surface area contributed by atoms with Gasteiger partial charge in [0.2, 0.25) is 5.90 Å². The Morgan fingerprint density at radius 3 is 3.00 bits per heavy atom. The molecule has 11 heavy (non-hydrogen) atoms. The fourth-order valence-corrected chi connectivity index (χ4v) is 0.900. The second-order valence-corrected chi connectivity index (χ2v) is 2.13. The Morgan fingerprint density at radius 1 is 1.36 bits per heavy atom. The summed E-state index contributed by atoms with van der Waals surface area (Å²) in [5.74, 6) is 0.609. The van der Waals surface area contributed by atoms with Crippen molar-refractivity contribution in [1.82, 2.24) is 9.97 Å². The van der Waals surface area contributed by atoms with E-state index in [0.29, 0.717) is 18.2 Å². The van der Waals surface area contributed by atoms with Crippen molar-refractivity contribution in [1.29, 1.82) is 0 Å². The first-order valence-corrected chi connectivity index (χ1v) is 3.40. The molecular weight excluding hydrogens is 142 g/mol. The number of hydrogen-bond donors (Lipinski definition) is 0. The second-order valence-electron chi connectivity index (χ2n) is 2.13. The summed E-state index contributed by atoms with van der Waals surface area (Å²) in [6, 6.07) is 0. The van der Waals surface area contributed by atoms with Crippen LogP contribution < -0.4 is 0 Å². The predicted molar refractivity (Wildman–Crippen MR) is 39.4 cm³/mol. The summed E-state index contributed by atoms with van der Waals surface area (Å²) in [5.41, 5.74) is 0.713. The smallest absolute Gasteiger partial charge is 0.237 e. The molecule has 0 unspecified atom stereocenters. The normalized spacial score (nSPS) is 15.8. The second kappa shape index (κ2) is 2.65. The Morgan fingerprint density at radius 2 is 2.36 bits per heavy atom. The highest BCUT2D eigenvalue weighted by molar-refractivity contribution is 5.92. The summed E-state index contributed by atoms with van der Waals surface area (Å²) >= 11 is 0. The SMILES string of the molecule is c1cnc(C2=NCCO2)cn1. The van der Waals surface area contributed by atoms with Crippen LogP contribution >= 0.6 is 0 Å². The molecule has 2 heterocycles. The van der Waals surface area contributed by atoms with E-state index >= 15 is 0 Å². The third kappa shape index (κ3) is 1.19. The lowest BCUT2D eigenvalue weighted by Gasteiger charge is -1.97. The van der Waals surface area contributed by atoms with Crippen molar-refractivity contribution >= 4 is 5.90 Å². The van der Waals surface area contributed by atoms with Gasteiger partial charge in [-0.15, -0.1) is 0 Å². The van der Waals surface area contributed by atoms with Crippen molar-refractivity contribution in [3.63, 3.8) is 0 Å². The number of aliphatic imine (C=N–C) groups is 1. The molecule has 1 aliphatic heterocycles. The lowest BCUT2D eigenvalue weighted by Crippen LogP contribution is -2.03. The van der Waals surface area contributed by atoms with Gasteiger partial charge in [0, 0.05) is 12.4 Å². The Kier molecular flexibility index (Phi) is 1.51. The average Bonchev–Trinajstić information content (AvgIpc) is 2.58. The van der Waals surface area contributed by atoms with Crippen molar-refractivity contribution in [2.24, 2.45) is 4.99 Å². The molecule has 0 saturated heterocycles. The van der Waals surface area contributed by atoms with E-state index in [9.17, 15) is 0 Å². The van der Waals surface area contributed by atoms with Gasteiger partial charge in [-0.25, -0.2) is 9.98 Å². The molecule has 1 aromatic rings. The minimum absolute atomic E-state index is 0.609. The molecule has 0 radical (unpaired) electrons. The van der Waals surface area contributed by atoms with E-state index in [-0.39, 0.29) is 0 Å². The van der Waals surface area contributed by atoms with E-state index < -0.39 is 0 Å². The third-order valence-electron chi connectivity index (χ3n) is 1.37. The zero-order valence-electron chi connectivity index (χ0n) is 5.90. The quantitative estimate of drug-likeness (QED) is 0.575. The van der Waals surface area contributed by atoms with Gasteiger partial charge in [-0.3, -0.25) is 4.98 Å². The van der Waals surface area contributed by atoms with Crippen molar-refractivity contribution in [3.8, 4) is 0 Å². The van der Waals surface area contributed by atoms with Gasteiger partial charge in [-0.2, -0.15) is 0 Å². The van der Waals surface area contributed by atoms with Crippen LogP contribution in [0.1, 0.15) is 5.69 Å². The zero-order valence-corrected chi connectivity index (χ0v) is 5.90. The van der Waals surface area contributed by atoms with Gasteiger partial charge in [0.15, 0.2) is 0 Å². The van der Waals surface area contributed by atoms with Crippen LogP contribution in [0.3, 0.4) is 0 Å². The van der Waals surface area contributed by atoms with Crippen LogP contribution in [0.15, 0.2) is 23.6 Å². The van der Waals surface area contributed by atoms with Crippen molar-refractivity contribution in [2.45, 2.75) is 0 Å². The number of hydrogen-bond acceptors (Lipinski definition) is 4. The third-order valence-corrected chi connectivity index (χ3v) is 1.37. The van der Waals surface area contributed by atoms with Crippen LogP contribution in [-0.2, 0) is 4.74 Å². The van der Waals surface area contributed by atoms with Gasteiger partial charge in [-0.05, 0) is 0 Å². The largest absolute Gasteiger partial charge is 0.474 e. The fraction of sp³-hybridized carbons (Fsp3) is 0.286. The number of rotatable bonds is 1. The molecule has 0 N–H and O–H groups in total. The molecule has 0 bridgehead atoms. The van der Waals surface area contributed by atoms with Crippen LogP contribution in [0, 0.1) is 0 Å². The van der Waals surface area contributed by atoms with Gasteiger partial charge < -0.3 is 4.74 Å². The van der Waals surface area contributed by atoms with Crippen LogP contribution in [0.4, 0.5) is 0 Å². The Bertz CT molecular complexity index is 270. The number of ether oxygens (including phenoxy) is 1. The Labute approximate surface area is 64.0 Å². The van der Waals surface area contributed by atoms with E-state index in [1.54, 1.807) is 18.6 Å². The minimum Gasteiger partial charge on any atom is -0.474 e. The summed E-state index contributed by atoms with van der Waals surface area (Å²) in [4.78, 5) is 12.0. The molecule has 0 spiro atoms. The molecule has 2 rings (SSSR count). The maximum absolute atomic E-state index is 5.19. The van der Waals surface area contributed by atoms with Crippen molar-refractivity contribution in [2.75, 3.05) is 13.2 Å². The zero-order chi connectivity index (χ0) is 7.52. The summed E-state index contributed by atoms with van der Waals surface area (Å²) in [6.07, 6.45) is 4.89. The maximum Gasteiger partial charge on any atom is 0.237 e. The summed E-state index contributed by atoms with van der Waals surface area (Å²) in [6.45, 7) is 1.39. The van der Waals surface area contributed by atoms with Crippen LogP contribution in [0.5, 0.6) is 0 Å². The molecule has 0 fully saturated rings. The molecule has 4 nitrogen and oxygen atoms in total. The summed E-state index contributed by atoms with van der Waals surface area (Å²) in [5, 5.41) is 0. The molecule has 0 saturated carbocycles. The van der Waals surface area contributed by atoms with E-state index in [2.05, 4.69) is 15.0 Å². The lowest BCUT2D eigenvalue weighted by atomic mass is 10.4. The molecule has 4 heteroatoms. The van der Waals surface area contributed by atoms with E-state index in [1.165, 1.54) is 0 Å². The van der Waals surface area contributed by atoms with Crippen LogP contribution in [-0.4, -0.2) is 29.0 Å². The number of nitrogens with zero attached hydrogens (tertiary/aromatic N) is 3. The highest BCUT2D eigenvalue weighted by Crippen LogP contribution is 2.01. The fourth-order valence-electron chi connectivity index (χ4n) is 0.900. The Hall–Kier alpha value is -1.45. The van der Waals surface area contributed by atoms with Crippen molar-refractivity contribution in [3.05, 3.63) is 24.3 Å². The molecule has 56 valence electrons. The molecule has 1 aliphatic rings. The highest BCUT2D eigenvalue weighted by Gasteiger charge is 2.10. The van der Waals surface area contributed by atoms with Gasteiger partial charge in [0.05, 0.1) is 12.7 Å². The molecule has 0 aromatic carbocycles. The van der Waals surface area contributed by atoms with Gasteiger partial charge in [0.1, 0.15) is 12.3 Å². The van der Waals surface area contributed by atoms with E-state index in [4.69, 9.17) is 4.74 Å². The first kappa shape index (κ1) is 6.27. The standard InChI is InChI=1S/C7H7N3O/c1-2-9-6(5-8-1)7-10-3-4-11-7/h1-2,5H,3-4H2. The highest BCUT2D eigenvalue weighted by atomic mass is 16.5. The molecule has 1 aromatic heterocycles. The first-order chi connectivity index (χ1) is 5.47.